The Hall–Kier alpha value is -2.90. The molecule has 3 rings (SSSR count). The van der Waals surface area contributed by atoms with E-state index >= 15 is 0 Å². The fourth-order valence-corrected chi connectivity index (χ4v) is 7.09. The van der Waals surface area contributed by atoms with E-state index in [1.54, 1.807) is 0 Å². The highest BCUT2D eigenvalue weighted by atomic mass is 32.3. The molecule has 0 spiro atoms. The molecule has 0 N–H and O–H groups in total. The lowest BCUT2D eigenvalue weighted by Gasteiger charge is -2.32. The van der Waals surface area contributed by atoms with Crippen molar-refractivity contribution in [2.75, 3.05) is 0 Å². The molecule has 0 radical (unpaired) electrons. The minimum atomic E-state index is -5.52. The van der Waals surface area contributed by atoms with Crippen molar-refractivity contribution in [1.29, 1.82) is 0 Å². The maximum absolute atomic E-state index is 14.3. The van der Waals surface area contributed by atoms with Gasteiger partial charge in [-0.15, -0.1) is 0 Å². The van der Waals surface area contributed by atoms with Gasteiger partial charge in [0.15, 0.2) is 6.04 Å². The van der Waals surface area contributed by atoms with Crippen LogP contribution in [0.3, 0.4) is 0 Å². The molecule has 13 heteroatoms. The van der Waals surface area contributed by atoms with Crippen LogP contribution in [0, 0.1) is 0 Å². The molecule has 0 heterocycles. The summed E-state index contributed by atoms with van der Waals surface area (Å²) in [6, 6.07) is 9.17. The molecule has 5 nitrogen and oxygen atoms in total. The van der Waals surface area contributed by atoms with Crippen LogP contribution in [0.15, 0.2) is 94.7 Å². The van der Waals surface area contributed by atoms with Crippen LogP contribution < -0.4 is 0 Å². The van der Waals surface area contributed by atoms with E-state index in [9.17, 15) is 43.2 Å². The number of hydrogen-bond acceptors (Lipinski definition) is 4. The number of nitrogens with zero attached hydrogens (tertiary/aromatic N) is 1. The van der Waals surface area contributed by atoms with Gasteiger partial charge < -0.3 is 0 Å². The normalized spacial score (nSPS) is 14.2. The van der Waals surface area contributed by atoms with E-state index in [0.29, 0.717) is 24.3 Å². The average Bonchev–Trinajstić information content (AvgIpc) is 2.77. The highest BCUT2D eigenvalue weighted by Gasteiger charge is 2.55. The quantitative estimate of drug-likeness (QED) is 0.407. The van der Waals surface area contributed by atoms with E-state index < -0.39 is 63.1 Å². The molecule has 3 aromatic rings. The topological polar surface area (TPSA) is 71.5 Å². The average molecular weight is 523 g/mol. The lowest BCUT2D eigenvalue weighted by Crippen LogP contribution is -2.45. The van der Waals surface area contributed by atoms with Crippen molar-refractivity contribution >= 4 is 20.0 Å². The first kappa shape index (κ1) is 25.7. The molecular formula is C21H15F6NO4S2. The zero-order chi connectivity index (χ0) is 25.4. The molecule has 34 heavy (non-hydrogen) atoms. The molecular weight excluding hydrogens is 508 g/mol. The van der Waals surface area contributed by atoms with Crippen LogP contribution in [-0.4, -0.2) is 26.7 Å². The summed E-state index contributed by atoms with van der Waals surface area (Å²) >= 11 is 0. The number of alkyl halides is 6. The van der Waals surface area contributed by atoms with Crippen LogP contribution in [0.4, 0.5) is 26.3 Å². The summed E-state index contributed by atoms with van der Waals surface area (Å²) in [4.78, 5) is -1.51. The molecule has 0 bridgehead atoms. The van der Waals surface area contributed by atoms with Gasteiger partial charge >= 0.3 is 12.4 Å². The number of sulfonamides is 2. The van der Waals surface area contributed by atoms with Crippen LogP contribution in [0.25, 0.3) is 0 Å². The van der Waals surface area contributed by atoms with Gasteiger partial charge in [-0.1, -0.05) is 52.2 Å². The van der Waals surface area contributed by atoms with E-state index in [2.05, 4.69) is 0 Å². The lowest BCUT2D eigenvalue weighted by molar-refractivity contribution is -0.164. The van der Waals surface area contributed by atoms with Crippen molar-refractivity contribution in [3.8, 4) is 0 Å². The highest BCUT2D eigenvalue weighted by Crippen LogP contribution is 2.44. The van der Waals surface area contributed by atoms with Gasteiger partial charge in [0.05, 0.1) is 15.4 Å². The third-order valence-corrected chi connectivity index (χ3v) is 8.91. The predicted octanol–water partition coefficient (Wildman–Crippen LogP) is 5.39. The van der Waals surface area contributed by atoms with Crippen molar-refractivity contribution in [2.45, 2.75) is 28.2 Å². The minimum absolute atomic E-state index is 0.316. The molecule has 0 aliphatic rings. The van der Waals surface area contributed by atoms with Crippen molar-refractivity contribution in [3.05, 3.63) is 96.1 Å². The van der Waals surface area contributed by atoms with Gasteiger partial charge in [-0.25, -0.2) is 16.8 Å². The van der Waals surface area contributed by atoms with Crippen molar-refractivity contribution < 1.29 is 43.2 Å². The van der Waals surface area contributed by atoms with Crippen LogP contribution in [0.1, 0.15) is 17.2 Å². The highest BCUT2D eigenvalue weighted by molar-refractivity contribution is 8.04. The van der Waals surface area contributed by atoms with Gasteiger partial charge in [0.25, 0.3) is 20.0 Å². The SMILES string of the molecule is O=S(=O)(c1ccccc1)N(C(c1ccc(C(F)(F)F)cc1)C(F)(F)F)S(=O)(=O)c1ccccc1. The third kappa shape index (κ3) is 5.10. The van der Waals surface area contributed by atoms with E-state index in [1.807, 2.05) is 0 Å². The molecule has 0 fully saturated rings. The van der Waals surface area contributed by atoms with Crippen LogP contribution >= 0.6 is 0 Å². The molecule has 0 saturated heterocycles. The van der Waals surface area contributed by atoms with Gasteiger partial charge in [0.2, 0.25) is 0 Å². The first-order chi connectivity index (χ1) is 15.7. The van der Waals surface area contributed by atoms with Crippen LogP contribution in [0.2, 0.25) is 0 Å². The van der Waals surface area contributed by atoms with E-state index in [4.69, 9.17) is 0 Å². The zero-order valence-corrected chi connectivity index (χ0v) is 18.5. The molecule has 0 saturated carbocycles. The van der Waals surface area contributed by atoms with E-state index in [-0.39, 0.29) is 0 Å². The van der Waals surface area contributed by atoms with Gasteiger partial charge in [0, 0.05) is 0 Å². The Bertz CT molecular complexity index is 1270. The molecule has 0 amide bonds. The fourth-order valence-electron chi connectivity index (χ4n) is 3.08. The largest absolute Gasteiger partial charge is 0.416 e. The summed E-state index contributed by atoms with van der Waals surface area (Å²) < 4.78 is 134. The number of halogens is 6. The van der Waals surface area contributed by atoms with Gasteiger partial charge in [-0.2, -0.15) is 26.3 Å². The maximum atomic E-state index is 14.3. The Balaban J connectivity index is 2.32. The maximum Gasteiger partial charge on any atom is 0.416 e. The number of benzene rings is 3. The third-order valence-electron chi connectivity index (χ3n) is 4.63. The summed E-state index contributed by atoms with van der Waals surface area (Å²) in [7, 11) is -10.7. The molecule has 3 aromatic carbocycles. The summed E-state index contributed by atoms with van der Waals surface area (Å²) in [5, 5.41) is 0. The van der Waals surface area contributed by atoms with Crippen LogP contribution in [0.5, 0.6) is 0 Å². The second-order valence-electron chi connectivity index (χ2n) is 6.93. The minimum Gasteiger partial charge on any atom is -0.206 e. The summed E-state index contributed by atoms with van der Waals surface area (Å²) in [6.07, 6.45) is -10.4. The number of rotatable bonds is 6. The zero-order valence-electron chi connectivity index (χ0n) is 16.8. The molecule has 182 valence electrons. The summed E-state index contributed by atoms with van der Waals surface area (Å²) in [6.45, 7) is 0. The smallest absolute Gasteiger partial charge is 0.206 e. The molecule has 1 atom stereocenters. The molecule has 0 aromatic heterocycles. The molecule has 0 aliphatic heterocycles. The Kier molecular flexibility index (Phi) is 6.84. The predicted molar refractivity (Wildman–Crippen MR) is 109 cm³/mol. The first-order valence-corrected chi connectivity index (χ1v) is 12.2. The standard InChI is InChI=1S/C21H15F6NO4S2/c22-20(23,24)16-13-11-15(12-14-16)19(21(25,26)27)28(33(29,30)17-7-3-1-4-8-17)34(31,32)18-9-5-2-6-10-18/h1-14,19H. The van der Waals surface area contributed by atoms with Crippen LogP contribution in [-0.2, 0) is 26.2 Å². The Labute approximate surface area is 191 Å². The van der Waals surface area contributed by atoms with Crippen molar-refractivity contribution in [2.24, 2.45) is 0 Å². The second kappa shape index (κ2) is 9.04. The monoisotopic (exact) mass is 523 g/mol. The fraction of sp³-hybridized carbons (Fsp3) is 0.143. The molecule has 0 aliphatic carbocycles. The Morgan fingerprint density at radius 1 is 0.588 bits per heavy atom. The van der Waals surface area contributed by atoms with E-state index in [1.165, 1.54) is 36.4 Å². The van der Waals surface area contributed by atoms with E-state index in [0.717, 1.165) is 24.3 Å². The summed E-state index contributed by atoms with van der Waals surface area (Å²) in [5.41, 5.74) is -2.31. The summed E-state index contributed by atoms with van der Waals surface area (Å²) in [5.74, 6) is 0. The lowest BCUT2D eigenvalue weighted by atomic mass is 10.0. The van der Waals surface area contributed by atoms with Crippen molar-refractivity contribution in [1.82, 2.24) is 3.71 Å². The Morgan fingerprint density at radius 2 is 0.971 bits per heavy atom. The first-order valence-electron chi connectivity index (χ1n) is 9.30. The van der Waals surface area contributed by atoms with Crippen molar-refractivity contribution in [3.63, 3.8) is 0 Å². The second-order valence-corrected chi connectivity index (χ2v) is 10.8. The Morgan fingerprint density at radius 3 is 1.29 bits per heavy atom. The van der Waals surface area contributed by atoms with Gasteiger partial charge in [-0.3, -0.25) is 0 Å². The number of hydrogen-bond donors (Lipinski definition) is 0. The molecule has 1 unspecified atom stereocenters. The van der Waals surface area contributed by atoms with Gasteiger partial charge in [0.1, 0.15) is 0 Å². The van der Waals surface area contributed by atoms with Gasteiger partial charge in [-0.05, 0) is 42.0 Å².